The predicted molar refractivity (Wildman–Crippen MR) is 192 cm³/mol. The summed E-state index contributed by atoms with van der Waals surface area (Å²) in [6.07, 6.45) is -53.7. The zero-order valence-electron chi connectivity index (χ0n) is 33.8. The zero-order chi connectivity index (χ0) is 47.1. The smallest absolute Gasteiger partial charge is 0.187 e. The number of hydrogen-bond acceptors (Lipinski definition) is 29. The molecule has 6 rings (SSSR count). The van der Waals surface area contributed by atoms with Crippen molar-refractivity contribution in [1.82, 2.24) is 0 Å². The highest BCUT2D eigenvalue weighted by Crippen LogP contribution is 2.35. The third-order valence-electron chi connectivity index (χ3n) is 12.0. The van der Waals surface area contributed by atoms with Gasteiger partial charge in [-0.3, -0.25) is 0 Å². The van der Waals surface area contributed by atoms with Gasteiger partial charge in [0.1, 0.15) is 134 Å². The van der Waals surface area contributed by atoms with Gasteiger partial charge in [-0.15, -0.1) is 0 Å². The Kier molecular flexibility index (Phi) is 18.0. The molecule has 0 aromatic carbocycles. The summed E-state index contributed by atoms with van der Waals surface area (Å²) in [7, 11) is 0. The van der Waals surface area contributed by atoms with Crippen molar-refractivity contribution in [2.24, 2.45) is 0 Å². The van der Waals surface area contributed by atoms with E-state index in [0.29, 0.717) is 0 Å². The number of hydrogen-bond donors (Lipinski definition) is 18. The quantitative estimate of drug-likeness (QED) is 0.0769. The molecule has 1 unspecified atom stereocenters. The monoisotopic (exact) mass is 944 g/mol. The van der Waals surface area contributed by atoms with Crippen molar-refractivity contribution in [3.8, 4) is 0 Å². The molecule has 0 amide bonds. The molecule has 0 saturated carbocycles. The lowest BCUT2D eigenvalue weighted by molar-refractivity contribution is -0.394. The van der Waals surface area contributed by atoms with Crippen LogP contribution >= 0.6 is 0 Å². The van der Waals surface area contributed by atoms with Gasteiger partial charge in [0.05, 0.1) is 39.1 Å². The van der Waals surface area contributed by atoms with Crippen LogP contribution in [0.4, 0.5) is 0 Å². The van der Waals surface area contributed by atoms with Crippen LogP contribution in [0.5, 0.6) is 0 Å². The van der Waals surface area contributed by atoms with Crippen LogP contribution in [0.25, 0.3) is 0 Å². The van der Waals surface area contributed by atoms with E-state index in [1.165, 1.54) is 6.92 Å². The van der Waals surface area contributed by atoms with E-state index in [9.17, 15) is 91.9 Å². The van der Waals surface area contributed by atoms with Gasteiger partial charge in [-0.25, -0.2) is 0 Å². The van der Waals surface area contributed by atoms with Crippen molar-refractivity contribution in [2.45, 2.75) is 185 Å². The molecular formula is C35H60O29. The van der Waals surface area contributed by atoms with Crippen LogP contribution in [0.3, 0.4) is 0 Å². The van der Waals surface area contributed by atoms with Gasteiger partial charge in [0.15, 0.2) is 37.7 Å². The molecule has 29 nitrogen and oxygen atoms in total. The molecule has 0 radical (unpaired) electrons. The second kappa shape index (κ2) is 22.1. The Balaban J connectivity index is 1.25. The van der Waals surface area contributed by atoms with Crippen LogP contribution < -0.4 is 0 Å². The van der Waals surface area contributed by atoms with Crippen LogP contribution in [0.1, 0.15) is 6.92 Å². The Bertz CT molecular complexity index is 1440. The van der Waals surface area contributed by atoms with Crippen molar-refractivity contribution < 1.29 is 144 Å². The van der Waals surface area contributed by atoms with Crippen molar-refractivity contribution in [3.05, 3.63) is 0 Å². The number of rotatable bonds is 14. The first-order valence-corrected chi connectivity index (χ1v) is 20.4. The lowest BCUT2D eigenvalue weighted by Crippen LogP contribution is -2.67. The van der Waals surface area contributed by atoms with E-state index in [4.69, 9.17) is 52.1 Å². The Morgan fingerprint density at radius 3 is 1.39 bits per heavy atom. The first-order valence-electron chi connectivity index (χ1n) is 20.4. The van der Waals surface area contributed by atoms with Gasteiger partial charge in [-0.1, -0.05) is 0 Å². The molecule has 6 aliphatic rings. The van der Waals surface area contributed by atoms with E-state index < -0.39 is 211 Å². The second-order valence-corrected chi connectivity index (χ2v) is 16.3. The Morgan fingerprint density at radius 2 is 0.797 bits per heavy atom. The number of aliphatic hydroxyl groups excluding tert-OH is 18. The molecule has 0 spiro atoms. The molecule has 64 heavy (non-hydrogen) atoms. The summed E-state index contributed by atoms with van der Waals surface area (Å²) in [5, 5.41) is 189. The van der Waals surface area contributed by atoms with E-state index in [1.807, 2.05) is 0 Å². The zero-order valence-corrected chi connectivity index (χ0v) is 33.8. The van der Waals surface area contributed by atoms with Gasteiger partial charge in [0, 0.05) is 0 Å². The molecule has 6 fully saturated rings. The average Bonchev–Trinajstić information content (AvgIpc) is 3.28. The van der Waals surface area contributed by atoms with Gasteiger partial charge < -0.3 is 144 Å². The van der Waals surface area contributed by atoms with E-state index in [0.717, 1.165) is 0 Å². The van der Waals surface area contributed by atoms with E-state index >= 15 is 0 Å². The van der Waals surface area contributed by atoms with Crippen LogP contribution in [0, 0.1) is 0 Å². The molecule has 6 aliphatic heterocycles. The molecule has 29 heteroatoms. The van der Waals surface area contributed by atoms with Crippen molar-refractivity contribution in [3.63, 3.8) is 0 Å². The van der Waals surface area contributed by atoms with Crippen LogP contribution in [-0.4, -0.2) is 303 Å². The highest BCUT2D eigenvalue weighted by Gasteiger charge is 2.56. The molecular weight excluding hydrogens is 884 g/mol. The fourth-order valence-corrected chi connectivity index (χ4v) is 8.04. The van der Waals surface area contributed by atoms with Crippen LogP contribution in [0.15, 0.2) is 0 Å². The largest absolute Gasteiger partial charge is 0.394 e. The van der Waals surface area contributed by atoms with Crippen molar-refractivity contribution in [1.29, 1.82) is 0 Å². The van der Waals surface area contributed by atoms with Gasteiger partial charge in [-0.2, -0.15) is 0 Å². The minimum Gasteiger partial charge on any atom is -0.394 e. The highest BCUT2D eigenvalue weighted by atomic mass is 16.8. The Hall–Kier alpha value is -1.16. The molecule has 0 aromatic rings. The molecule has 0 bridgehead atoms. The first kappa shape index (κ1) is 52.2. The van der Waals surface area contributed by atoms with E-state index in [-0.39, 0.29) is 0 Å². The normalized spacial score (nSPS) is 54.1. The number of aliphatic hydroxyl groups is 18. The molecule has 0 aromatic heterocycles. The minimum atomic E-state index is -2.17. The van der Waals surface area contributed by atoms with Crippen molar-refractivity contribution in [2.75, 3.05) is 33.0 Å². The highest BCUT2D eigenvalue weighted by molar-refractivity contribution is 4.98. The molecule has 6 saturated heterocycles. The average molecular weight is 945 g/mol. The van der Waals surface area contributed by atoms with Gasteiger partial charge >= 0.3 is 0 Å². The first-order chi connectivity index (χ1) is 30.2. The maximum atomic E-state index is 11.5. The summed E-state index contributed by atoms with van der Waals surface area (Å²) in [6, 6.07) is 0. The summed E-state index contributed by atoms with van der Waals surface area (Å²) in [6.45, 7) is -2.93. The van der Waals surface area contributed by atoms with E-state index in [1.54, 1.807) is 0 Å². The third-order valence-corrected chi connectivity index (χ3v) is 12.0. The van der Waals surface area contributed by atoms with Crippen molar-refractivity contribution >= 4 is 0 Å². The summed E-state index contributed by atoms with van der Waals surface area (Å²) >= 11 is 0. The lowest BCUT2D eigenvalue weighted by Gasteiger charge is -2.49. The fourth-order valence-electron chi connectivity index (χ4n) is 8.04. The van der Waals surface area contributed by atoms with Crippen LogP contribution in [0.2, 0.25) is 0 Å². The molecule has 6 heterocycles. The maximum absolute atomic E-state index is 11.5. The number of ether oxygens (including phenoxy) is 11. The van der Waals surface area contributed by atoms with E-state index in [2.05, 4.69) is 0 Å². The predicted octanol–water partition coefficient (Wildman–Crippen LogP) is -12.4. The SMILES string of the molecule is C[C@@H]1O[C@@H](O[C@H]2[C@H](O[C@H]3[C@@H](OC[C@H]4O[C@@H](O[C@H]5[C@H](O)[C@@H](O)C(O)O[C@@H]5CO)[C@H](O)[C@@H](O)[C@@H]4O[C@@H]4O[C@H](CO)[C@@H](O)[C@H](O)[C@H]4O)OC[C@@H](O)[C@@H]3O)O[C@H](CO)[C@H](O)[C@@H]2O)[C@@H](O)[C@H](O)[C@@H]1O. The van der Waals surface area contributed by atoms with Gasteiger partial charge in [-0.05, 0) is 6.92 Å². The molecule has 29 atom stereocenters. The fraction of sp³-hybridized carbons (Fsp3) is 1.00. The van der Waals surface area contributed by atoms with Gasteiger partial charge in [0.2, 0.25) is 0 Å². The summed E-state index contributed by atoms with van der Waals surface area (Å²) in [5.41, 5.74) is 0. The molecule has 0 aliphatic carbocycles. The summed E-state index contributed by atoms with van der Waals surface area (Å²) in [4.78, 5) is 0. The lowest BCUT2D eigenvalue weighted by atomic mass is 9.96. The topological polar surface area (TPSA) is 466 Å². The standard InChI is InChI=1S/C35H60O29/c1-7-13(40)17(44)23(50)31(56-7)63-29-19(46)16(43)10(3-37)59-35(29)64-28-14(41)8(39)5-54-34(28)55-6-12-27(62-32-24(51)18(45)15(42)9(2-36)58-32)21(48)25(52)33(60-12)61-26-11(4-38)57-30(53)22(49)20(26)47/h7-53H,2-6H2,1H3/t7-,8+,9+,10+,11+,12+,13+,14-,15+,16-,17+,18-,19-,20+,21+,22+,23-,24+,25+,26+,27+,28+,29+,30?,31-,32-,33-,34+,35-/m0/s1. The minimum absolute atomic E-state index is 0.641. The molecule has 374 valence electrons. The van der Waals surface area contributed by atoms with Crippen LogP contribution in [-0.2, 0) is 52.1 Å². The van der Waals surface area contributed by atoms with Gasteiger partial charge in [0.25, 0.3) is 0 Å². The Labute approximate surface area is 362 Å². The summed E-state index contributed by atoms with van der Waals surface area (Å²) in [5.74, 6) is 0. The Morgan fingerprint density at radius 1 is 0.375 bits per heavy atom. The third kappa shape index (κ3) is 10.7. The molecule has 18 N–H and O–H groups in total. The summed E-state index contributed by atoms with van der Waals surface area (Å²) < 4.78 is 62.1. The second-order valence-electron chi connectivity index (χ2n) is 16.3. The maximum Gasteiger partial charge on any atom is 0.187 e.